The molecular weight excluding hydrogens is 412 g/mol. The molecule has 1 saturated carbocycles. The summed E-state index contributed by atoms with van der Waals surface area (Å²) in [6.07, 6.45) is 8.67. The van der Waals surface area contributed by atoms with E-state index in [-0.39, 0.29) is 30.5 Å². The Hall–Kier alpha value is -1.30. The van der Waals surface area contributed by atoms with Crippen molar-refractivity contribution in [3.05, 3.63) is 29.8 Å². The molecule has 2 fully saturated rings. The highest BCUT2D eigenvalue weighted by atomic mass is 35.5. The molecule has 1 aliphatic carbocycles. The van der Waals surface area contributed by atoms with Crippen LogP contribution in [0.1, 0.15) is 57.4 Å². The van der Waals surface area contributed by atoms with Crippen LogP contribution < -0.4 is 10.1 Å². The molecule has 2 heterocycles. The molecule has 1 amide bonds. The first-order valence-corrected chi connectivity index (χ1v) is 12.1. The zero-order chi connectivity index (χ0) is 20.8. The third-order valence-corrected chi connectivity index (χ3v) is 7.10. The fraction of sp³-hybridized carbons (Fsp3) is 0.720. The molecule has 4 atom stereocenters. The predicted molar refractivity (Wildman–Crippen MR) is 126 cm³/mol. The van der Waals surface area contributed by atoms with Crippen LogP contribution in [0.4, 0.5) is 0 Å². The number of hydrogen-bond acceptors (Lipinski definition) is 4. The van der Waals surface area contributed by atoms with Crippen molar-refractivity contribution in [3.8, 4) is 5.75 Å². The van der Waals surface area contributed by atoms with Crippen LogP contribution >= 0.6 is 12.4 Å². The Morgan fingerprint density at radius 2 is 2.00 bits per heavy atom. The first kappa shape index (κ1) is 24.3. The molecule has 0 spiro atoms. The van der Waals surface area contributed by atoms with Crippen LogP contribution in [-0.4, -0.2) is 55.8 Å². The maximum atomic E-state index is 13.0. The van der Waals surface area contributed by atoms with Crippen molar-refractivity contribution in [2.24, 2.45) is 11.8 Å². The number of carbonyl (C=O) groups excluding carboxylic acids is 1. The summed E-state index contributed by atoms with van der Waals surface area (Å²) in [4.78, 5) is 15.6. The van der Waals surface area contributed by atoms with Crippen LogP contribution in [0.5, 0.6) is 5.75 Å². The number of hydrogen-bond donors (Lipinski definition) is 1. The van der Waals surface area contributed by atoms with Crippen molar-refractivity contribution in [3.63, 3.8) is 0 Å². The summed E-state index contributed by atoms with van der Waals surface area (Å²) in [5.41, 5.74) is 1.21. The topological polar surface area (TPSA) is 50.8 Å². The summed E-state index contributed by atoms with van der Waals surface area (Å²) in [6.45, 7) is 7.19. The molecular formula is C25H39ClN2O3. The molecule has 2 aliphatic heterocycles. The molecule has 5 nitrogen and oxygen atoms in total. The zero-order valence-electron chi connectivity index (χ0n) is 18.9. The average molecular weight is 451 g/mol. The number of ether oxygens (including phenoxy) is 2. The van der Waals surface area contributed by atoms with Gasteiger partial charge in [0.15, 0.2) is 6.10 Å². The van der Waals surface area contributed by atoms with Gasteiger partial charge in [0.25, 0.3) is 5.91 Å². The zero-order valence-corrected chi connectivity index (χ0v) is 19.7. The second-order valence-corrected chi connectivity index (χ2v) is 9.34. The second-order valence-electron chi connectivity index (χ2n) is 9.34. The molecule has 0 bridgehead atoms. The lowest BCUT2D eigenvalue weighted by molar-refractivity contribution is -0.130. The van der Waals surface area contributed by atoms with Gasteiger partial charge in [-0.15, -0.1) is 12.4 Å². The maximum Gasteiger partial charge on any atom is 0.261 e. The van der Waals surface area contributed by atoms with Crippen LogP contribution in [0.3, 0.4) is 0 Å². The van der Waals surface area contributed by atoms with E-state index in [0.717, 1.165) is 51.3 Å². The molecule has 6 heteroatoms. The van der Waals surface area contributed by atoms with Crippen molar-refractivity contribution in [2.45, 2.75) is 70.4 Å². The minimum atomic E-state index is -0.354. The van der Waals surface area contributed by atoms with Crippen LogP contribution in [0.25, 0.3) is 0 Å². The van der Waals surface area contributed by atoms with Gasteiger partial charge >= 0.3 is 0 Å². The number of nitrogens with zero attached hydrogens (tertiary/aromatic N) is 1. The van der Waals surface area contributed by atoms with E-state index in [1.54, 1.807) is 0 Å². The molecule has 1 N–H and O–H groups in total. The number of likely N-dealkylation sites (tertiary alicyclic amines) is 1. The lowest BCUT2D eigenvalue weighted by Gasteiger charge is -2.39. The third kappa shape index (κ3) is 6.59. The first-order valence-electron chi connectivity index (χ1n) is 12.1. The molecule has 1 saturated heterocycles. The highest BCUT2D eigenvalue weighted by Gasteiger charge is 2.33. The Bertz CT molecular complexity index is 701. The average Bonchev–Trinajstić information content (AvgIpc) is 2.79. The number of fused-ring (bicyclic) bond motifs is 1. The van der Waals surface area contributed by atoms with E-state index in [1.165, 1.54) is 44.2 Å². The maximum absolute atomic E-state index is 13.0. The number of rotatable bonds is 7. The highest BCUT2D eigenvalue weighted by Crippen LogP contribution is 2.30. The fourth-order valence-corrected chi connectivity index (χ4v) is 5.47. The molecule has 1 aromatic rings. The van der Waals surface area contributed by atoms with E-state index in [4.69, 9.17) is 9.47 Å². The summed E-state index contributed by atoms with van der Waals surface area (Å²) in [7, 11) is 0. The van der Waals surface area contributed by atoms with Crippen molar-refractivity contribution in [2.75, 3.05) is 32.8 Å². The molecule has 0 unspecified atom stereocenters. The summed E-state index contributed by atoms with van der Waals surface area (Å²) in [5.74, 6) is 2.16. The number of para-hydroxylation sites is 1. The number of aryl methyl sites for hydroxylation is 1. The predicted octanol–water partition coefficient (Wildman–Crippen LogP) is 4.23. The largest absolute Gasteiger partial charge is 0.480 e. The van der Waals surface area contributed by atoms with Crippen molar-refractivity contribution in [1.29, 1.82) is 0 Å². The van der Waals surface area contributed by atoms with Crippen LogP contribution in [0, 0.1) is 11.8 Å². The van der Waals surface area contributed by atoms with Crippen LogP contribution in [0.15, 0.2) is 24.3 Å². The summed E-state index contributed by atoms with van der Waals surface area (Å²) in [6, 6.07) is 8.37. The lowest BCUT2D eigenvalue weighted by Crippen LogP contribution is -2.51. The monoisotopic (exact) mass is 450 g/mol. The summed E-state index contributed by atoms with van der Waals surface area (Å²) in [5, 5.41) is 3.39. The molecule has 3 aliphatic rings. The number of benzene rings is 1. The van der Waals surface area contributed by atoms with Crippen molar-refractivity contribution in [1.82, 2.24) is 10.2 Å². The minimum absolute atomic E-state index is 0. The van der Waals surface area contributed by atoms with Gasteiger partial charge in [0, 0.05) is 25.7 Å². The van der Waals surface area contributed by atoms with Gasteiger partial charge in [-0.3, -0.25) is 4.79 Å². The second kappa shape index (κ2) is 12.1. The summed E-state index contributed by atoms with van der Waals surface area (Å²) >= 11 is 0. The molecule has 174 valence electrons. The van der Waals surface area contributed by atoms with Gasteiger partial charge in [0.2, 0.25) is 0 Å². The highest BCUT2D eigenvalue weighted by molar-refractivity contribution is 5.85. The normalized spacial score (nSPS) is 28.7. The Balaban J connectivity index is 0.00000272. The van der Waals surface area contributed by atoms with Gasteiger partial charge in [0.1, 0.15) is 5.75 Å². The van der Waals surface area contributed by atoms with E-state index in [0.29, 0.717) is 11.8 Å². The van der Waals surface area contributed by atoms with Gasteiger partial charge in [-0.1, -0.05) is 31.0 Å². The quantitative estimate of drug-likeness (QED) is 0.675. The van der Waals surface area contributed by atoms with E-state index in [9.17, 15) is 4.79 Å². The SMILES string of the molecule is CCOC[C@@H]1CCCN(C[C@H]2CCCC[C@@H]2NC(=O)[C@H]2CCc3ccccc3O2)C1.Cl. The van der Waals surface area contributed by atoms with E-state index < -0.39 is 0 Å². The van der Waals surface area contributed by atoms with Crippen LogP contribution in [-0.2, 0) is 16.0 Å². The first-order chi connectivity index (χ1) is 14.7. The Kier molecular flexibility index (Phi) is 9.48. The van der Waals surface area contributed by atoms with Gasteiger partial charge in [-0.05, 0) is 75.5 Å². The van der Waals surface area contributed by atoms with E-state index in [2.05, 4.69) is 23.2 Å². The molecule has 1 aromatic carbocycles. The lowest BCUT2D eigenvalue weighted by atomic mass is 9.83. The van der Waals surface area contributed by atoms with Crippen molar-refractivity contribution < 1.29 is 14.3 Å². The number of halogens is 1. The Morgan fingerprint density at radius 3 is 2.87 bits per heavy atom. The smallest absolute Gasteiger partial charge is 0.261 e. The van der Waals surface area contributed by atoms with Gasteiger partial charge in [-0.2, -0.15) is 0 Å². The molecule has 4 rings (SSSR count). The number of piperidine rings is 1. The molecule has 31 heavy (non-hydrogen) atoms. The Morgan fingerprint density at radius 1 is 1.16 bits per heavy atom. The Labute approximate surface area is 193 Å². The number of amides is 1. The van der Waals surface area contributed by atoms with Crippen LogP contribution in [0.2, 0.25) is 0 Å². The molecule has 0 aromatic heterocycles. The van der Waals surface area contributed by atoms with E-state index in [1.807, 2.05) is 18.2 Å². The summed E-state index contributed by atoms with van der Waals surface area (Å²) < 4.78 is 11.7. The molecule has 0 radical (unpaired) electrons. The number of carbonyl (C=O) groups is 1. The van der Waals surface area contributed by atoms with Gasteiger partial charge < -0.3 is 19.7 Å². The van der Waals surface area contributed by atoms with E-state index >= 15 is 0 Å². The van der Waals surface area contributed by atoms with Crippen molar-refractivity contribution >= 4 is 18.3 Å². The van der Waals surface area contributed by atoms with Gasteiger partial charge in [0.05, 0.1) is 6.61 Å². The minimum Gasteiger partial charge on any atom is -0.480 e. The van der Waals surface area contributed by atoms with Gasteiger partial charge in [-0.25, -0.2) is 0 Å². The fourth-order valence-electron chi connectivity index (χ4n) is 5.47. The number of nitrogens with one attached hydrogen (secondary N) is 1. The standard InChI is InChI=1S/C25H38N2O3.ClH/c1-2-29-18-19-8-7-15-27(16-19)17-21-10-3-5-11-22(21)26-25(28)24-14-13-20-9-4-6-12-23(20)30-24;/h4,6,9,12,19,21-22,24H,2-3,5,7-8,10-11,13-18H2,1H3,(H,26,28);1H/t19-,21-,22+,24-;/m1./s1. The third-order valence-electron chi connectivity index (χ3n) is 7.10.